The van der Waals surface area contributed by atoms with Gasteiger partial charge in [0.1, 0.15) is 18.0 Å². The average Bonchev–Trinajstić information content (AvgIpc) is 2.69. The Bertz CT molecular complexity index is 784. The molecule has 0 fully saturated rings. The number of amides is 1. The molecular formula is C21H26N3O3+. The van der Waals surface area contributed by atoms with Crippen molar-refractivity contribution in [1.82, 2.24) is 0 Å². The van der Waals surface area contributed by atoms with E-state index in [4.69, 9.17) is 14.7 Å². The van der Waals surface area contributed by atoms with Gasteiger partial charge >= 0.3 is 0 Å². The molecule has 0 aromatic heterocycles. The molecule has 0 saturated heterocycles. The number of carbonyl (C=O) groups excluding carboxylic acids is 1. The quantitative estimate of drug-likeness (QED) is 0.731. The highest BCUT2D eigenvalue weighted by Crippen LogP contribution is 2.27. The van der Waals surface area contributed by atoms with Crippen LogP contribution in [0.4, 0.5) is 5.69 Å². The number of benzene rings is 2. The zero-order chi connectivity index (χ0) is 19.6. The van der Waals surface area contributed by atoms with Crippen LogP contribution in [0.5, 0.6) is 11.5 Å². The van der Waals surface area contributed by atoms with E-state index in [-0.39, 0.29) is 12.3 Å². The fourth-order valence-corrected chi connectivity index (χ4v) is 2.90. The van der Waals surface area contributed by atoms with Crippen LogP contribution in [0.25, 0.3) is 0 Å². The number of ether oxygens (including phenoxy) is 2. The highest BCUT2D eigenvalue weighted by atomic mass is 16.5. The van der Waals surface area contributed by atoms with Crippen LogP contribution >= 0.6 is 0 Å². The molecule has 0 aliphatic heterocycles. The minimum Gasteiger partial charge on any atom is -0.497 e. The maximum atomic E-state index is 12.9. The molecule has 1 amide bonds. The molecule has 1 atom stereocenters. The molecule has 2 rings (SSSR count). The van der Waals surface area contributed by atoms with Crippen molar-refractivity contribution in [1.29, 1.82) is 5.26 Å². The van der Waals surface area contributed by atoms with Gasteiger partial charge in [-0.2, -0.15) is 5.26 Å². The third kappa shape index (κ3) is 5.73. The van der Waals surface area contributed by atoms with Crippen LogP contribution < -0.4 is 19.3 Å². The molecule has 0 saturated carbocycles. The van der Waals surface area contributed by atoms with Crippen molar-refractivity contribution in [2.45, 2.75) is 13.0 Å². The summed E-state index contributed by atoms with van der Waals surface area (Å²) >= 11 is 0. The first-order valence-electron chi connectivity index (χ1n) is 8.83. The number of hydrogen-bond acceptors (Lipinski definition) is 4. The summed E-state index contributed by atoms with van der Waals surface area (Å²) in [6.45, 7) is 1.37. The number of nitrogens with one attached hydrogen (secondary N) is 1. The lowest BCUT2D eigenvalue weighted by molar-refractivity contribution is -0.885. The Balaban J connectivity index is 2.09. The Morgan fingerprint density at radius 2 is 1.81 bits per heavy atom. The Hall–Kier alpha value is -3.04. The van der Waals surface area contributed by atoms with Crippen molar-refractivity contribution in [3.8, 4) is 17.6 Å². The minimum atomic E-state index is -0.0410. The van der Waals surface area contributed by atoms with Crippen molar-refractivity contribution < 1.29 is 19.2 Å². The van der Waals surface area contributed by atoms with Crippen molar-refractivity contribution in [2.24, 2.45) is 0 Å². The first kappa shape index (κ1) is 20.3. The SMILES string of the molecule is COc1ccc(C[NH+](C)CC(=O)N(CCC#N)c2ccccc2OC)cc1. The van der Waals surface area contributed by atoms with Gasteiger partial charge in [0.05, 0.1) is 39.4 Å². The number of carbonyl (C=O) groups is 1. The largest absolute Gasteiger partial charge is 0.497 e. The lowest BCUT2D eigenvalue weighted by atomic mass is 10.2. The standard InChI is InChI=1S/C21H25N3O3/c1-23(15-17-9-11-18(26-2)12-10-17)16-21(25)24(14-6-13-22)19-7-4-5-8-20(19)27-3/h4-5,7-12H,6,14-16H2,1-3H3/p+1. The van der Waals surface area contributed by atoms with Gasteiger partial charge in [0.15, 0.2) is 6.54 Å². The molecular weight excluding hydrogens is 342 g/mol. The van der Waals surface area contributed by atoms with Crippen molar-refractivity contribution in [3.63, 3.8) is 0 Å². The Morgan fingerprint density at radius 3 is 2.44 bits per heavy atom. The highest BCUT2D eigenvalue weighted by molar-refractivity contribution is 5.95. The molecule has 0 heterocycles. The Labute approximate surface area is 160 Å². The number of nitrogens with zero attached hydrogens (tertiary/aromatic N) is 2. The molecule has 2 aromatic rings. The van der Waals surface area contributed by atoms with Crippen LogP contribution in [0.2, 0.25) is 0 Å². The summed E-state index contributed by atoms with van der Waals surface area (Å²) in [5.41, 5.74) is 1.82. The maximum absolute atomic E-state index is 12.9. The van der Waals surface area contributed by atoms with Crippen molar-refractivity contribution >= 4 is 11.6 Å². The number of hydrogen-bond donors (Lipinski definition) is 1. The smallest absolute Gasteiger partial charge is 0.282 e. The molecule has 2 aromatic carbocycles. The normalized spacial score (nSPS) is 11.3. The summed E-state index contributed by atoms with van der Waals surface area (Å²) in [4.78, 5) is 15.6. The first-order valence-corrected chi connectivity index (χ1v) is 8.83. The fourth-order valence-electron chi connectivity index (χ4n) is 2.90. The van der Waals surface area contributed by atoms with E-state index in [2.05, 4.69) is 6.07 Å². The molecule has 142 valence electrons. The summed E-state index contributed by atoms with van der Waals surface area (Å²) in [5.74, 6) is 1.39. The Kier molecular flexibility index (Phi) is 7.65. The minimum absolute atomic E-state index is 0.0410. The molecule has 1 N–H and O–H groups in total. The average molecular weight is 368 g/mol. The van der Waals surface area contributed by atoms with Gasteiger partial charge < -0.3 is 19.3 Å². The molecule has 0 radical (unpaired) electrons. The number of para-hydroxylation sites is 2. The summed E-state index contributed by atoms with van der Waals surface area (Å²) in [6, 6.07) is 17.3. The van der Waals surface area contributed by atoms with Crippen molar-refractivity contribution in [2.75, 3.05) is 39.3 Å². The molecule has 0 aliphatic carbocycles. The third-order valence-electron chi connectivity index (χ3n) is 4.24. The molecule has 0 spiro atoms. The second kappa shape index (κ2) is 10.2. The number of anilines is 1. The third-order valence-corrected chi connectivity index (χ3v) is 4.24. The Morgan fingerprint density at radius 1 is 1.11 bits per heavy atom. The number of quaternary nitrogens is 1. The van der Waals surface area contributed by atoms with Gasteiger partial charge in [0, 0.05) is 12.1 Å². The van der Waals surface area contributed by atoms with Crippen LogP contribution in [0.3, 0.4) is 0 Å². The highest BCUT2D eigenvalue weighted by Gasteiger charge is 2.22. The summed E-state index contributed by atoms with van der Waals surface area (Å²) in [7, 11) is 5.19. The van der Waals surface area contributed by atoms with Crippen LogP contribution in [0, 0.1) is 11.3 Å². The number of likely N-dealkylation sites (N-methyl/N-ethyl adjacent to an activating group) is 1. The second-order valence-electron chi connectivity index (χ2n) is 6.28. The molecule has 6 nitrogen and oxygen atoms in total. The van der Waals surface area contributed by atoms with Gasteiger partial charge in [-0.1, -0.05) is 12.1 Å². The van der Waals surface area contributed by atoms with E-state index in [1.54, 1.807) is 19.1 Å². The number of nitriles is 1. The molecule has 0 aliphatic rings. The summed E-state index contributed by atoms with van der Waals surface area (Å²) in [6.07, 6.45) is 0.265. The van der Waals surface area contributed by atoms with Crippen LogP contribution in [0.15, 0.2) is 48.5 Å². The van der Waals surface area contributed by atoms with Crippen LogP contribution in [0.1, 0.15) is 12.0 Å². The van der Waals surface area contributed by atoms with Crippen LogP contribution in [-0.2, 0) is 11.3 Å². The van der Waals surface area contributed by atoms with Gasteiger partial charge in [-0.15, -0.1) is 0 Å². The lowest BCUT2D eigenvalue weighted by Gasteiger charge is -2.25. The van der Waals surface area contributed by atoms with Gasteiger partial charge in [-0.3, -0.25) is 4.79 Å². The zero-order valence-electron chi connectivity index (χ0n) is 16.1. The second-order valence-corrected chi connectivity index (χ2v) is 6.28. The van der Waals surface area contributed by atoms with Gasteiger partial charge in [0.2, 0.25) is 0 Å². The maximum Gasteiger partial charge on any atom is 0.282 e. The molecule has 27 heavy (non-hydrogen) atoms. The van der Waals surface area contributed by atoms with E-state index in [1.807, 2.05) is 55.6 Å². The molecule has 0 bridgehead atoms. The summed E-state index contributed by atoms with van der Waals surface area (Å²) in [5, 5.41) is 8.96. The predicted molar refractivity (Wildman–Crippen MR) is 104 cm³/mol. The first-order chi connectivity index (χ1) is 13.1. The van der Waals surface area contributed by atoms with Crippen LogP contribution in [-0.4, -0.2) is 40.3 Å². The number of methoxy groups -OCH3 is 2. The fraction of sp³-hybridized carbons (Fsp3) is 0.333. The zero-order valence-corrected chi connectivity index (χ0v) is 16.1. The van der Waals surface area contributed by atoms with E-state index < -0.39 is 0 Å². The molecule has 6 heteroatoms. The molecule has 1 unspecified atom stereocenters. The van der Waals surface area contributed by atoms with Gasteiger partial charge in [-0.05, 0) is 36.4 Å². The van der Waals surface area contributed by atoms with Gasteiger partial charge in [-0.25, -0.2) is 0 Å². The monoisotopic (exact) mass is 368 g/mol. The van der Waals surface area contributed by atoms with E-state index in [9.17, 15) is 4.79 Å². The van der Waals surface area contributed by atoms with E-state index in [0.29, 0.717) is 31.1 Å². The van der Waals surface area contributed by atoms with E-state index >= 15 is 0 Å². The topological polar surface area (TPSA) is 67.0 Å². The van der Waals surface area contributed by atoms with E-state index in [0.717, 1.165) is 16.2 Å². The predicted octanol–water partition coefficient (Wildman–Crippen LogP) is 1.67. The van der Waals surface area contributed by atoms with Crippen molar-refractivity contribution in [3.05, 3.63) is 54.1 Å². The number of rotatable bonds is 9. The summed E-state index contributed by atoms with van der Waals surface area (Å²) < 4.78 is 10.6. The van der Waals surface area contributed by atoms with E-state index in [1.165, 1.54) is 0 Å². The van der Waals surface area contributed by atoms with Gasteiger partial charge in [0.25, 0.3) is 5.91 Å². The lowest BCUT2D eigenvalue weighted by Crippen LogP contribution is -3.09.